The number of nitrogens with zero attached hydrogens (tertiary/aromatic N) is 3. The molecule has 3 aromatic rings. The van der Waals surface area contributed by atoms with Crippen molar-refractivity contribution in [2.45, 2.75) is 39.5 Å². The highest BCUT2D eigenvalue weighted by molar-refractivity contribution is 7.99. The van der Waals surface area contributed by atoms with Gasteiger partial charge in [0.15, 0.2) is 11.0 Å². The highest BCUT2D eigenvalue weighted by atomic mass is 32.2. The number of carbonyl (C=O) groups is 1. The van der Waals surface area contributed by atoms with Crippen molar-refractivity contribution < 1.29 is 9.53 Å². The van der Waals surface area contributed by atoms with E-state index in [1.165, 1.54) is 17.3 Å². The lowest BCUT2D eigenvalue weighted by Crippen LogP contribution is -2.22. The van der Waals surface area contributed by atoms with Gasteiger partial charge >= 0.3 is 0 Å². The van der Waals surface area contributed by atoms with Crippen LogP contribution in [-0.2, 0) is 11.4 Å². The van der Waals surface area contributed by atoms with E-state index in [2.05, 4.69) is 10.2 Å². The average Bonchev–Trinajstić information content (AvgIpc) is 3.08. The summed E-state index contributed by atoms with van der Waals surface area (Å²) in [6.45, 7) is 8.12. The third-order valence-electron chi connectivity index (χ3n) is 4.27. The summed E-state index contributed by atoms with van der Waals surface area (Å²) >= 11 is 1.41. The predicted octanol–water partition coefficient (Wildman–Crippen LogP) is 4.86. The van der Waals surface area contributed by atoms with Crippen LogP contribution in [0.25, 0.3) is 5.69 Å². The molecule has 0 atom stereocenters. The molecule has 0 aliphatic carbocycles. The number of aromatic nitrogens is 3. The zero-order chi connectivity index (χ0) is 20.1. The van der Waals surface area contributed by atoms with E-state index in [0.717, 1.165) is 11.4 Å². The van der Waals surface area contributed by atoms with Gasteiger partial charge in [-0.05, 0) is 31.2 Å². The topological polar surface area (TPSA) is 57.0 Å². The minimum Gasteiger partial charge on any atom is -0.486 e. The van der Waals surface area contributed by atoms with Gasteiger partial charge < -0.3 is 4.74 Å². The van der Waals surface area contributed by atoms with Crippen LogP contribution < -0.4 is 4.74 Å². The number of hydrogen-bond acceptors (Lipinski definition) is 5. The number of aryl methyl sites for hydroxylation is 1. The highest BCUT2D eigenvalue weighted by Crippen LogP contribution is 2.26. The number of rotatable bonds is 7. The van der Waals surface area contributed by atoms with E-state index in [1.807, 2.05) is 86.9 Å². The molecule has 0 N–H and O–H groups in total. The molecule has 0 radical (unpaired) electrons. The summed E-state index contributed by atoms with van der Waals surface area (Å²) in [5, 5.41) is 9.32. The molecule has 0 unspecified atom stereocenters. The smallest absolute Gasteiger partial charge is 0.196 e. The van der Waals surface area contributed by atoms with Crippen molar-refractivity contribution >= 4 is 17.5 Å². The fourth-order valence-electron chi connectivity index (χ4n) is 2.45. The van der Waals surface area contributed by atoms with E-state index in [4.69, 9.17) is 4.74 Å². The van der Waals surface area contributed by atoms with Gasteiger partial charge in [-0.1, -0.05) is 68.4 Å². The first-order valence-electron chi connectivity index (χ1n) is 9.20. The van der Waals surface area contributed by atoms with Gasteiger partial charge in [0.05, 0.1) is 5.75 Å². The first kappa shape index (κ1) is 20.1. The minimum absolute atomic E-state index is 0.178. The molecule has 0 saturated heterocycles. The van der Waals surface area contributed by atoms with Gasteiger partial charge in [0.2, 0.25) is 0 Å². The normalized spacial score (nSPS) is 11.4. The van der Waals surface area contributed by atoms with Gasteiger partial charge in [-0.25, -0.2) is 0 Å². The first-order valence-corrected chi connectivity index (χ1v) is 10.2. The summed E-state index contributed by atoms with van der Waals surface area (Å²) in [7, 11) is 0. The Morgan fingerprint density at radius 3 is 2.36 bits per heavy atom. The van der Waals surface area contributed by atoms with Crippen LogP contribution in [0.4, 0.5) is 0 Å². The Kier molecular flexibility index (Phi) is 6.19. The molecule has 1 heterocycles. The molecule has 5 nitrogen and oxygen atoms in total. The van der Waals surface area contributed by atoms with Crippen molar-refractivity contribution in [2.75, 3.05) is 5.75 Å². The van der Waals surface area contributed by atoms with Crippen molar-refractivity contribution in [2.24, 2.45) is 5.41 Å². The third-order valence-corrected chi connectivity index (χ3v) is 5.20. The van der Waals surface area contributed by atoms with E-state index < -0.39 is 0 Å². The van der Waals surface area contributed by atoms with Crippen LogP contribution in [0.3, 0.4) is 0 Å². The molecule has 0 spiro atoms. The number of thioether (sulfide) groups is 1. The maximum absolute atomic E-state index is 12.3. The van der Waals surface area contributed by atoms with Crippen LogP contribution >= 0.6 is 11.8 Å². The van der Waals surface area contributed by atoms with Crippen molar-refractivity contribution in [3.8, 4) is 11.4 Å². The zero-order valence-corrected chi connectivity index (χ0v) is 17.5. The molecule has 0 saturated carbocycles. The van der Waals surface area contributed by atoms with Gasteiger partial charge in [0.1, 0.15) is 18.1 Å². The number of carbonyl (C=O) groups excluding carboxylic acids is 1. The zero-order valence-electron chi connectivity index (χ0n) is 16.7. The van der Waals surface area contributed by atoms with Crippen LogP contribution in [0.5, 0.6) is 5.75 Å². The molecule has 2 aromatic carbocycles. The standard InChI is InChI=1S/C22H25N3O2S/c1-16-10-12-18(13-11-16)27-14-20-23-24-21(28-15-19(26)22(2,3)4)25(20)17-8-6-5-7-9-17/h5-13H,14-15H2,1-4H3. The second-order valence-electron chi connectivity index (χ2n) is 7.63. The Morgan fingerprint density at radius 2 is 1.71 bits per heavy atom. The lowest BCUT2D eigenvalue weighted by atomic mass is 9.92. The largest absolute Gasteiger partial charge is 0.486 e. The monoisotopic (exact) mass is 395 g/mol. The minimum atomic E-state index is -0.373. The van der Waals surface area contributed by atoms with Crippen LogP contribution in [0.1, 0.15) is 32.2 Å². The summed E-state index contributed by atoms with van der Waals surface area (Å²) in [5.74, 6) is 2.01. The summed E-state index contributed by atoms with van der Waals surface area (Å²) in [6, 6.07) is 17.8. The molecule has 146 valence electrons. The fraction of sp³-hybridized carbons (Fsp3) is 0.318. The van der Waals surface area contributed by atoms with E-state index >= 15 is 0 Å². The summed E-state index contributed by atoms with van der Waals surface area (Å²) in [6.07, 6.45) is 0. The highest BCUT2D eigenvalue weighted by Gasteiger charge is 2.23. The Bertz CT molecular complexity index is 929. The average molecular weight is 396 g/mol. The number of Topliss-reactive ketones (excluding diaryl/α,β-unsaturated/α-hetero) is 1. The number of hydrogen-bond donors (Lipinski definition) is 0. The predicted molar refractivity (Wildman–Crippen MR) is 112 cm³/mol. The molecule has 0 amide bonds. The number of benzene rings is 2. The van der Waals surface area contributed by atoms with E-state index in [-0.39, 0.29) is 11.2 Å². The third kappa shape index (κ3) is 5.01. The Hall–Kier alpha value is -2.60. The van der Waals surface area contributed by atoms with Crippen LogP contribution in [0, 0.1) is 12.3 Å². The van der Waals surface area contributed by atoms with Crippen molar-refractivity contribution in [1.29, 1.82) is 0 Å². The van der Waals surface area contributed by atoms with E-state index in [9.17, 15) is 4.79 Å². The first-order chi connectivity index (χ1) is 13.3. The molecule has 0 aliphatic heterocycles. The van der Waals surface area contributed by atoms with Gasteiger partial charge in [0.25, 0.3) is 0 Å². The molecule has 3 rings (SSSR count). The Labute approximate surface area is 170 Å². The molecular formula is C22H25N3O2S. The lowest BCUT2D eigenvalue weighted by molar-refractivity contribution is -0.123. The maximum atomic E-state index is 12.3. The number of para-hydroxylation sites is 1. The molecule has 0 aliphatic rings. The Morgan fingerprint density at radius 1 is 1.04 bits per heavy atom. The van der Waals surface area contributed by atoms with Crippen LogP contribution in [0.15, 0.2) is 59.8 Å². The quantitative estimate of drug-likeness (QED) is 0.535. The van der Waals surface area contributed by atoms with Gasteiger partial charge in [0, 0.05) is 11.1 Å². The second-order valence-corrected chi connectivity index (χ2v) is 8.58. The summed E-state index contributed by atoms with van der Waals surface area (Å²) in [4.78, 5) is 12.3. The van der Waals surface area contributed by atoms with Crippen molar-refractivity contribution in [3.05, 3.63) is 66.0 Å². The Balaban J connectivity index is 1.82. The maximum Gasteiger partial charge on any atom is 0.196 e. The number of ether oxygens (including phenoxy) is 1. The van der Waals surface area contributed by atoms with Crippen molar-refractivity contribution in [1.82, 2.24) is 14.8 Å². The molecule has 6 heteroatoms. The van der Waals surface area contributed by atoms with E-state index in [0.29, 0.717) is 23.3 Å². The van der Waals surface area contributed by atoms with Crippen LogP contribution in [0.2, 0.25) is 0 Å². The molecule has 1 aromatic heterocycles. The van der Waals surface area contributed by atoms with Gasteiger partial charge in [-0.2, -0.15) is 0 Å². The number of ketones is 1. The van der Waals surface area contributed by atoms with Gasteiger partial charge in [-0.3, -0.25) is 9.36 Å². The molecule has 0 fully saturated rings. The molecular weight excluding hydrogens is 370 g/mol. The molecule has 28 heavy (non-hydrogen) atoms. The van der Waals surface area contributed by atoms with Crippen molar-refractivity contribution in [3.63, 3.8) is 0 Å². The lowest BCUT2D eigenvalue weighted by Gasteiger charge is -2.16. The van der Waals surface area contributed by atoms with Gasteiger partial charge in [-0.15, -0.1) is 10.2 Å². The fourth-order valence-corrected chi connectivity index (χ4v) is 3.58. The SMILES string of the molecule is Cc1ccc(OCc2nnc(SCC(=O)C(C)(C)C)n2-c2ccccc2)cc1. The van der Waals surface area contributed by atoms with E-state index in [1.54, 1.807) is 0 Å². The van der Waals surface area contributed by atoms with Crippen LogP contribution in [-0.4, -0.2) is 26.3 Å². The molecule has 0 bridgehead atoms. The summed E-state index contributed by atoms with van der Waals surface area (Å²) in [5.41, 5.74) is 1.75. The second kappa shape index (κ2) is 8.61. The summed E-state index contributed by atoms with van der Waals surface area (Å²) < 4.78 is 7.86.